The number of ether oxygens (including phenoxy) is 1. The summed E-state index contributed by atoms with van der Waals surface area (Å²) in [6, 6.07) is 23.4. The van der Waals surface area contributed by atoms with Crippen LogP contribution in [0.2, 0.25) is 0 Å². The predicted octanol–water partition coefficient (Wildman–Crippen LogP) is 4.50. The van der Waals surface area contributed by atoms with Crippen molar-refractivity contribution in [2.75, 3.05) is 25.5 Å². The Morgan fingerprint density at radius 2 is 1.61 bits per heavy atom. The fraction of sp³-hybridized carbons (Fsp3) is 0.174. The first-order valence-electron chi connectivity index (χ1n) is 9.70. The Morgan fingerprint density at radius 1 is 0.968 bits per heavy atom. The van der Waals surface area contributed by atoms with Crippen LogP contribution in [0.25, 0.3) is 0 Å². The van der Waals surface area contributed by atoms with E-state index in [1.54, 1.807) is 25.1 Å². The number of hydrogen-bond acceptors (Lipinski definition) is 5. The van der Waals surface area contributed by atoms with Crippen LogP contribution < -0.4 is 10.1 Å². The molecule has 0 spiro atoms. The first-order chi connectivity index (χ1) is 14.9. The zero-order valence-electron chi connectivity index (χ0n) is 17.3. The van der Waals surface area contributed by atoms with E-state index >= 15 is 0 Å². The van der Waals surface area contributed by atoms with Crippen molar-refractivity contribution in [3.63, 3.8) is 0 Å². The molecule has 0 atom stereocenters. The van der Waals surface area contributed by atoms with Gasteiger partial charge >= 0.3 is 0 Å². The standard InChI is InChI=1S/C23H24N2O4S2/c1-3-25(31(27,28)20-15-13-18(29-2)14-16-20)17-23(26)24-21-11-7-8-12-22(21)30-19-9-5-4-6-10-19/h4-16H,3,17H2,1-2H3,(H,24,26). The number of carbonyl (C=O) groups is 1. The van der Waals surface area contributed by atoms with Crippen molar-refractivity contribution in [1.82, 2.24) is 4.31 Å². The molecule has 3 rings (SSSR count). The maximum Gasteiger partial charge on any atom is 0.243 e. The van der Waals surface area contributed by atoms with Crippen LogP contribution in [-0.2, 0) is 14.8 Å². The quantitative estimate of drug-likeness (QED) is 0.513. The molecule has 0 radical (unpaired) electrons. The van der Waals surface area contributed by atoms with Gasteiger partial charge < -0.3 is 10.1 Å². The lowest BCUT2D eigenvalue weighted by Gasteiger charge is -2.20. The number of anilines is 1. The summed E-state index contributed by atoms with van der Waals surface area (Å²) in [5.41, 5.74) is 0.638. The molecule has 1 N–H and O–H groups in total. The molecule has 0 aliphatic carbocycles. The van der Waals surface area contributed by atoms with Crippen molar-refractivity contribution >= 4 is 33.4 Å². The van der Waals surface area contributed by atoms with E-state index < -0.39 is 15.9 Å². The number of nitrogens with one attached hydrogen (secondary N) is 1. The molecule has 0 saturated heterocycles. The number of carbonyl (C=O) groups excluding carboxylic acids is 1. The number of benzene rings is 3. The third kappa shape index (κ3) is 5.88. The number of methoxy groups -OCH3 is 1. The van der Waals surface area contributed by atoms with Crippen LogP contribution in [0, 0.1) is 0 Å². The molecule has 162 valence electrons. The van der Waals surface area contributed by atoms with Crippen LogP contribution in [0.3, 0.4) is 0 Å². The highest BCUT2D eigenvalue weighted by molar-refractivity contribution is 7.99. The largest absolute Gasteiger partial charge is 0.497 e. The highest BCUT2D eigenvalue weighted by Crippen LogP contribution is 2.33. The van der Waals surface area contributed by atoms with Gasteiger partial charge in [0, 0.05) is 16.3 Å². The molecule has 0 aromatic heterocycles. The van der Waals surface area contributed by atoms with Crippen LogP contribution in [0.5, 0.6) is 5.75 Å². The minimum absolute atomic E-state index is 0.114. The molecule has 0 bridgehead atoms. The zero-order chi connectivity index (χ0) is 22.3. The highest BCUT2D eigenvalue weighted by atomic mass is 32.2. The molecular weight excluding hydrogens is 432 g/mol. The lowest BCUT2D eigenvalue weighted by Crippen LogP contribution is -2.37. The molecule has 0 saturated carbocycles. The molecule has 1 amide bonds. The third-order valence-corrected chi connectivity index (χ3v) is 7.52. The number of hydrogen-bond donors (Lipinski definition) is 1. The minimum Gasteiger partial charge on any atom is -0.497 e. The summed E-state index contributed by atoms with van der Waals surface area (Å²) in [6.07, 6.45) is 0. The maximum absolute atomic E-state index is 13.0. The Kier molecular flexibility index (Phi) is 7.73. The van der Waals surface area contributed by atoms with E-state index in [4.69, 9.17) is 4.74 Å². The molecule has 0 unspecified atom stereocenters. The van der Waals surface area contributed by atoms with Crippen molar-refractivity contribution in [2.24, 2.45) is 0 Å². The van der Waals surface area contributed by atoms with E-state index in [0.717, 1.165) is 14.1 Å². The summed E-state index contributed by atoms with van der Waals surface area (Å²) < 4.78 is 32.1. The number of para-hydroxylation sites is 1. The van der Waals surface area contributed by atoms with Gasteiger partial charge in [-0.1, -0.05) is 49.0 Å². The lowest BCUT2D eigenvalue weighted by atomic mass is 10.3. The molecule has 0 aliphatic rings. The second-order valence-electron chi connectivity index (χ2n) is 6.57. The van der Waals surface area contributed by atoms with Crippen LogP contribution in [0.4, 0.5) is 5.69 Å². The summed E-state index contributed by atoms with van der Waals surface area (Å²) in [5, 5.41) is 2.85. The summed E-state index contributed by atoms with van der Waals surface area (Å²) in [7, 11) is -2.30. The van der Waals surface area contributed by atoms with Gasteiger partial charge in [0.25, 0.3) is 0 Å². The third-order valence-electron chi connectivity index (χ3n) is 4.50. The first kappa shape index (κ1) is 22.9. The second-order valence-corrected chi connectivity index (χ2v) is 9.62. The van der Waals surface area contributed by atoms with Gasteiger partial charge in [-0.15, -0.1) is 0 Å². The molecular formula is C23H24N2O4S2. The Labute approximate surface area is 187 Å². The Balaban J connectivity index is 1.73. The van der Waals surface area contributed by atoms with Crippen molar-refractivity contribution in [1.29, 1.82) is 0 Å². The van der Waals surface area contributed by atoms with E-state index in [2.05, 4.69) is 5.32 Å². The molecule has 0 aliphatic heterocycles. The van der Waals surface area contributed by atoms with Crippen molar-refractivity contribution in [3.05, 3.63) is 78.9 Å². The van der Waals surface area contributed by atoms with Gasteiger partial charge in [-0.05, 0) is 48.5 Å². The maximum atomic E-state index is 13.0. The Morgan fingerprint density at radius 3 is 2.26 bits per heavy atom. The number of sulfonamides is 1. The number of likely N-dealkylation sites (N-methyl/N-ethyl adjacent to an activating group) is 1. The fourth-order valence-corrected chi connectivity index (χ4v) is 5.22. The molecule has 3 aromatic rings. The van der Waals surface area contributed by atoms with Crippen LogP contribution >= 0.6 is 11.8 Å². The summed E-state index contributed by atoms with van der Waals surface area (Å²) in [6.45, 7) is 1.59. The van der Waals surface area contributed by atoms with Gasteiger partial charge in [0.2, 0.25) is 15.9 Å². The average Bonchev–Trinajstić information content (AvgIpc) is 2.79. The zero-order valence-corrected chi connectivity index (χ0v) is 18.9. The summed E-state index contributed by atoms with van der Waals surface area (Å²) >= 11 is 1.53. The van der Waals surface area contributed by atoms with E-state index in [1.165, 1.54) is 31.0 Å². The van der Waals surface area contributed by atoms with E-state index in [9.17, 15) is 13.2 Å². The lowest BCUT2D eigenvalue weighted by molar-refractivity contribution is -0.116. The number of rotatable bonds is 9. The fourth-order valence-electron chi connectivity index (χ4n) is 2.89. The van der Waals surface area contributed by atoms with E-state index in [1.807, 2.05) is 48.5 Å². The molecule has 6 nitrogen and oxygen atoms in total. The predicted molar refractivity (Wildman–Crippen MR) is 123 cm³/mol. The molecule has 0 heterocycles. The van der Waals surface area contributed by atoms with Gasteiger partial charge in [-0.25, -0.2) is 8.42 Å². The molecule has 31 heavy (non-hydrogen) atoms. The van der Waals surface area contributed by atoms with Gasteiger partial charge in [-0.2, -0.15) is 4.31 Å². The smallest absolute Gasteiger partial charge is 0.243 e. The Hall–Kier alpha value is -2.81. The van der Waals surface area contributed by atoms with Crippen LogP contribution in [-0.4, -0.2) is 38.8 Å². The van der Waals surface area contributed by atoms with Gasteiger partial charge in [0.15, 0.2) is 0 Å². The highest BCUT2D eigenvalue weighted by Gasteiger charge is 2.25. The normalized spacial score (nSPS) is 11.3. The van der Waals surface area contributed by atoms with Gasteiger partial charge in [-0.3, -0.25) is 4.79 Å². The van der Waals surface area contributed by atoms with Crippen molar-refractivity contribution < 1.29 is 17.9 Å². The van der Waals surface area contributed by atoms with Gasteiger partial charge in [0.05, 0.1) is 24.2 Å². The first-order valence-corrected chi connectivity index (χ1v) is 12.0. The monoisotopic (exact) mass is 456 g/mol. The topological polar surface area (TPSA) is 75.7 Å². The van der Waals surface area contributed by atoms with Crippen LogP contribution in [0.1, 0.15) is 6.92 Å². The minimum atomic E-state index is -3.81. The van der Waals surface area contributed by atoms with E-state index in [-0.39, 0.29) is 18.0 Å². The van der Waals surface area contributed by atoms with Crippen LogP contribution in [0.15, 0.2) is 93.5 Å². The van der Waals surface area contributed by atoms with Crippen molar-refractivity contribution in [2.45, 2.75) is 21.6 Å². The van der Waals surface area contributed by atoms with Crippen molar-refractivity contribution in [3.8, 4) is 5.75 Å². The van der Waals surface area contributed by atoms with E-state index in [0.29, 0.717) is 11.4 Å². The summed E-state index contributed by atoms with van der Waals surface area (Å²) in [4.78, 5) is 14.8. The summed E-state index contributed by atoms with van der Waals surface area (Å²) in [5.74, 6) is 0.160. The number of amides is 1. The molecule has 3 aromatic carbocycles. The average molecular weight is 457 g/mol. The molecule has 0 fully saturated rings. The Bertz CT molecular complexity index is 1120. The molecule has 8 heteroatoms. The second kappa shape index (κ2) is 10.5. The number of nitrogens with zero attached hydrogens (tertiary/aromatic N) is 1. The van der Waals surface area contributed by atoms with Gasteiger partial charge in [0.1, 0.15) is 5.75 Å². The SMILES string of the molecule is CCN(CC(=O)Nc1ccccc1Sc1ccccc1)S(=O)(=O)c1ccc(OC)cc1.